The van der Waals surface area contributed by atoms with Crippen LogP contribution in [0.25, 0.3) is 10.9 Å². The Bertz CT molecular complexity index is 800. The van der Waals surface area contributed by atoms with Crippen molar-refractivity contribution in [3.05, 3.63) is 53.5 Å². The van der Waals surface area contributed by atoms with Crippen LogP contribution in [0.3, 0.4) is 0 Å². The van der Waals surface area contributed by atoms with E-state index in [9.17, 15) is 5.11 Å². The molecule has 4 heteroatoms. The average Bonchev–Trinajstić information content (AvgIpc) is 3.03. The molecule has 2 aromatic heterocycles. The summed E-state index contributed by atoms with van der Waals surface area (Å²) in [5.74, 6) is 0. The van der Waals surface area contributed by atoms with E-state index < -0.39 is 0 Å². The molecule has 0 spiro atoms. The van der Waals surface area contributed by atoms with Crippen molar-refractivity contribution in [2.75, 3.05) is 0 Å². The molecule has 1 aliphatic rings. The molecule has 3 aromatic rings. The van der Waals surface area contributed by atoms with Crippen molar-refractivity contribution >= 4 is 10.9 Å². The molecule has 1 atom stereocenters. The number of nitrogens with zero attached hydrogens (tertiary/aromatic N) is 3. The van der Waals surface area contributed by atoms with Gasteiger partial charge in [-0.05, 0) is 30.9 Å². The number of fused-ring (bicyclic) bond motifs is 2. The van der Waals surface area contributed by atoms with Gasteiger partial charge in [0.05, 0.1) is 23.9 Å². The lowest BCUT2D eigenvalue weighted by Crippen LogP contribution is -2.05. The number of aliphatic hydroxyl groups is 1. The van der Waals surface area contributed by atoms with Gasteiger partial charge in [-0.2, -0.15) is 5.10 Å². The lowest BCUT2D eigenvalue weighted by Gasteiger charge is -2.16. The Kier molecular flexibility index (Phi) is 2.86. The van der Waals surface area contributed by atoms with Gasteiger partial charge in [-0.1, -0.05) is 18.2 Å². The lowest BCUT2D eigenvalue weighted by atomic mass is 9.93. The molecule has 1 N–H and O–H groups in total. The smallest absolute Gasteiger partial charge is 0.0900 e. The Morgan fingerprint density at radius 3 is 3.00 bits per heavy atom. The van der Waals surface area contributed by atoms with Crippen molar-refractivity contribution in [2.45, 2.75) is 31.9 Å². The Balaban J connectivity index is 1.72. The Morgan fingerprint density at radius 1 is 1.29 bits per heavy atom. The van der Waals surface area contributed by atoms with Crippen LogP contribution in [-0.2, 0) is 20.0 Å². The summed E-state index contributed by atoms with van der Waals surface area (Å²) in [5.41, 5.74) is 4.62. The normalized spacial score (nSPS) is 18.1. The van der Waals surface area contributed by atoms with Crippen LogP contribution in [0.15, 0.2) is 36.7 Å². The van der Waals surface area contributed by atoms with Gasteiger partial charge in [0.2, 0.25) is 0 Å². The summed E-state index contributed by atoms with van der Waals surface area (Å²) in [6.07, 6.45) is 6.98. The summed E-state index contributed by atoms with van der Waals surface area (Å²) in [7, 11) is 1.98. The van der Waals surface area contributed by atoms with Crippen LogP contribution in [0.1, 0.15) is 35.8 Å². The van der Waals surface area contributed by atoms with E-state index in [1.807, 2.05) is 17.8 Å². The van der Waals surface area contributed by atoms with Gasteiger partial charge in [-0.3, -0.25) is 4.68 Å². The minimum atomic E-state index is -0.296. The zero-order valence-corrected chi connectivity index (χ0v) is 12.2. The first-order valence-electron chi connectivity index (χ1n) is 7.49. The largest absolute Gasteiger partial charge is 0.388 e. The standard InChI is InChI=1S/C17H19N3O/c1-19-16-7-3-2-6-13(16)15(18-19)11-20-9-12-5-4-8-17(21)14(12)10-20/h2-3,6-7,9-10,17,21H,4-5,8,11H2,1H3. The summed E-state index contributed by atoms with van der Waals surface area (Å²) < 4.78 is 4.09. The molecule has 0 bridgehead atoms. The van der Waals surface area contributed by atoms with Crippen molar-refractivity contribution in [1.29, 1.82) is 0 Å². The lowest BCUT2D eigenvalue weighted by molar-refractivity contribution is 0.157. The number of aromatic nitrogens is 3. The Morgan fingerprint density at radius 2 is 2.14 bits per heavy atom. The first-order valence-corrected chi connectivity index (χ1v) is 7.49. The minimum absolute atomic E-state index is 0.296. The van der Waals surface area contributed by atoms with Gasteiger partial charge in [0.15, 0.2) is 0 Å². The maximum Gasteiger partial charge on any atom is 0.0900 e. The highest BCUT2D eigenvalue weighted by atomic mass is 16.3. The zero-order valence-electron chi connectivity index (χ0n) is 12.2. The highest BCUT2D eigenvalue weighted by molar-refractivity contribution is 5.81. The number of aryl methyl sites for hydroxylation is 2. The van der Waals surface area contributed by atoms with Gasteiger partial charge in [-0.15, -0.1) is 0 Å². The second kappa shape index (κ2) is 4.74. The second-order valence-electron chi connectivity index (χ2n) is 5.91. The first kappa shape index (κ1) is 12.7. The van der Waals surface area contributed by atoms with Crippen LogP contribution in [0.4, 0.5) is 0 Å². The summed E-state index contributed by atoms with van der Waals surface area (Å²) in [5, 5.41) is 15.9. The van der Waals surface area contributed by atoms with Crippen molar-refractivity contribution in [1.82, 2.24) is 14.3 Å². The van der Waals surface area contributed by atoms with E-state index in [-0.39, 0.29) is 6.10 Å². The maximum atomic E-state index is 10.1. The topological polar surface area (TPSA) is 43.0 Å². The van der Waals surface area contributed by atoms with E-state index >= 15 is 0 Å². The molecule has 0 radical (unpaired) electrons. The summed E-state index contributed by atoms with van der Waals surface area (Å²) in [6.45, 7) is 0.751. The molecule has 0 saturated carbocycles. The molecule has 0 amide bonds. The monoisotopic (exact) mass is 281 g/mol. The van der Waals surface area contributed by atoms with Crippen molar-refractivity contribution in [3.8, 4) is 0 Å². The second-order valence-corrected chi connectivity index (χ2v) is 5.91. The van der Waals surface area contributed by atoms with Gasteiger partial charge in [0.25, 0.3) is 0 Å². The van der Waals surface area contributed by atoms with Crippen molar-refractivity contribution in [3.63, 3.8) is 0 Å². The molecule has 0 saturated heterocycles. The molecule has 0 aliphatic heterocycles. The molecule has 1 aliphatic carbocycles. The van der Waals surface area contributed by atoms with Crippen LogP contribution in [0.5, 0.6) is 0 Å². The molecule has 4 rings (SSSR count). The van der Waals surface area contributed by atoms with Crippen LogP contribution >= 0.6 is 0 Å². The Labute approximate surface area is 123 Å². The summed E-state index contributed by atoms with van der Waals surface area (Å²) in [6, 6.07) is 8.31. The minimum Gasteiger partial charge on any atom is -0.388 e. The quantitative estimate of drug-likeness (QED) is 0.785. The predicted octanol–water partition coefficient (Wildman–Crippen LogP) is 2.79. The SMILES string of the molecule is Cn1nc(Cn2cc3c(c2)C(O)CCC3)c2ccccc21. The predicted molar refractivity (Wildman–Crippen MR) is 82.1 cm³/mol. The molecular weight excluding hydrogens is 262 g/mol. The van der Waals surface area contributed by atoms with Gasteiger partial charge in [-0.25, -0.2) is 0 Å². The third-order valence-corrected chi connectivity index (χ3v) is 4.45. The summed E-state index contributed by atoms with van der Waals surface area (Å²) >= 11 is 0. The van der Waals surface area contributed by atoms with Crippen LogP contribution in [-0.4, -0.2) is 19.5 Å². The van der Waals surface area contributed by atoms with E-state index in [1.165, 1.54) is 10.9 Å². The molecular formula is C17H19N3O. The highest BCUT2D eigenvalue weighted by Crippen LogP contribution is 2.30. The van der Waals surface area contributed by atoms with Gasteiger partial charge in [0, 0.05) is 30.4 Å². The fourth-order valence-electron chi connectivity index (χ4n) is 3.39. The van der Waals surface area contributed by atoms with Crippen LogP contribution in [0, 0.1) is 0 Å². The number of aliphatic hydroxyl groups excluding tert-OH is 1. The zero-order chi connectivity index (χ0) is 14.4. The molecule has 21 heavy (non-hydrogen) atoms. The number of hydrogen-bond donors (Lipinski definition) is 1. The number of rotatable bonds is 2. The van der Waals surface area contributed by atoms with E-state index in [1.54, 1.807) is 0 Å². The maximum absolute atomic E-state index is 10.1. The van der Waals surface area contributed by atoms with Gasteiger partial charge >= 0.3 is 0 Å². The number of benzene rings is 1. The molecule has 0 fully saturated rings. The van der Waals surface area contributed by atoms with Gasteiger partial charge < -0.3 is 9.67 Å². The van der Waals surface area contributed by atoms with E-state index in [4.69, 9.17) is 0 Å². The molecule has 108 valence electrons. The van der Waals surface area contributed by atoms with Crippen LogP contribution in [0.2, 0.25) is 0 Å². The first-order chi connectivity index (χ1) is 10.2. The molecule has 1 unspecified atom stereocenters. The molecule has 2 heterocycles. The fourth-order valence-corrected chi connectivity index (χ4v) is 3.39. The fraction of sp³-hybridized carbons (Fsp3) is 0.353. The summed E-state index contributed by atoms with van der Waals surface area (Å²) in [4.78, 5) is 0. The van der Waals surface area contributed by atoms with E-state index in [2.05, 4.69) is 40.3 Å². The number of hydrogen-bond acceptors (Lipinski definition) is 2. The Hall–Kier alpha value is -2.07. The van der Waals surface area contributed by atoms with E-state index in [0.717, 1.165) is 42.6 Å². The number of para-hydroxylation sites is 1. The van der Waals surface area contributed by atoms with Crippen molar-refractivity contribution < 1.29 is 5.11 Å². The highest BCUT2D eigenvalue weighted by Gasteiger charge is 2.20. The third kappa shape index (κ3) is 2.07. The third-order valence-electron chi connectivity index (χ3n) is 4.45. The van der Waals surface area contributed by atoms with Crippen molar-refractivity contribution in [2.24, 2.45) is 7.05 Å². The van der Waals surface area contributed by atoms with Crippen LogP contribution < -0.4 is 0 Å². The molecule has 4 nitrogen and oxygen atoms in total. The van der Waals surface area contributed by atoms with E-state index in [0.29, 0.717) is 0 Å². The van der Waals surface area contributed by atoms with Gasteiger partial charge in [0.1, 0.15) is 0 Å². The average molecular weight is 281 g/mol. The molecule has 1 aromatic carbocycles.